The third kappa shape index (κ3) is 3.19. The van der Waals surface area contributed by atoms with E-state index in [0.29, 0.717) is 22.7 Å². The van der Waals surface area contributed by atoms with Crippen LogP contribution in [0.15, 0.2) is 24.3 Å². The summed E-state index contributed by atoms with van der Waals surface area (Å²) in [6, 6.07) is 7.72. The van der Waals surface area contributed by atoms with Gasteiger partial charge in [-0.3, -0.25) is 0 Å². The lowest BCUT2D eigenvalue weighted by atomic mass is 9.96. The van der Waals surface area contributed by atoms with Crippen molar-refractivity contribution in [3.8, 4) is 0 Å². The number of benzene rings is 1. The van der Waals surface area contributed by atoms with Crippen LogP contribution in [0.3, 0.4) is 0 Å². The van der Waals surface area contributed by atoms with E-state index in [4.69, 9.17) is 16.6 Å². The minimum atomic E-state index is -0.169. The van der Waals surface area contributed by atoms with Gasteiger partial charge in [-0.05, 0) is 18.6 Å². The summed E-state index contributed by atoms with van der Waals surface area (Å²) in [5, 5.41) is 12.5. The van der Waals surface area contributed by atoms with Gasteiger partial charge in [0, 0.05) is 17.0 Å². The molecule has 24 heavy (non-hydrogen) atoms. The average molecular weight is 345 g/mol. The molecule has 0 fully saturated rings. The van der Waals surface area contributed by atoms with E-state index in [1.54, 1.807) is 4.68 Å². The first-order valence-corrected chi connectivity index (χ1v) is 8.37. The maximum absolute atomic E-state index is 6.27. The number of hydrogen-bond donors (Lipinski definition) is 1. The molecule has 2 aromatic heterocycles. The fraction of sp³-hybridized carbons (Fsp3) is 0.412. The Kier molecular flexibility index (Phi) is 4.41. The summed E-state index contributed by atoms with van der Waals surface area (Å²) in [5.41, 5.74) is 2.20. The van der Waals surface area contributed by atoms with Gasteiger partial charge in [-0.15, -0.1) is 5.10 Å². The summed E-state index contributed by atoms with van der Waals surface area (Å²) >= 11 is 6.27. The summed E-state index contributed by atoms with van der Waals surface area (Å²) < 4.78 is 1.77. The molecule has 0 saturated carbocycles. The van der Waals surface area contributed by atoms with Crippen molar-refractivity contribution >= 4 is 28.6 Å². The number of halogens is 1. The number of fused-ring (bicyclic) bond motifs is 1. The van der Waals surface area contributed by atoms with Crippen LogP contribution in [-0.2, 0) is 12.0 Å². The van der Waals surface area contributed by atoms with Crippen LogP contribution in [0, 0.1) is 0 Å². The molecular weight excluding hydrogens is 324 g/mol. The van der Waals surface area contributed by atoms with Crippen molar-refractivity contribution in [2.75, 3.05) is 11.9 Å². The van der Waals surface area contributed by atoms with Gasteiger partial charge in [-0.1, -0.05) is 55.8 Å². The van der Waals surface area contributed by atoms with E-state index in [-0.39, 0.29) is 5.41 Å². The molecule has 0 aliphatic rings. The van der Waals surface area contributed by atoms with Crippen LogP contribution >= 0.6 is 11.6 Å². The fourth-order valence-electron chi connectivity index (χ4n) is 2.38. The zero-order valence-corrected chi connectivity index (χ0v) is 15.1. The Morgan fingerprint density at radius 2 is 1.92 bits per heavy atom. The normalized spacial score (nSPS) is 11.9. The molecule has 0 radical (unpaired) electrons. The highest BCUT2D eigenvalue weighted by Crippen LogP contribution is 2.25. The lowest BCUT2D eigenvalue weighted by Crippen LogP contribution is -2.18. The van der Waals surface area contributed by atoms with E-state index in [1.165, 1.54) is 0 Å². The second kappa shape index (κ2) is 6.36. The first-order valence-electron chi connectivity index (χ1n) is 7.99. The number of hydrogen-bond acceptors (Lipinski definition) is 5. The van der Waals surface area contributed by atoms with Crippen LogP contribution in [0.25, 0.3) is 11.2 Å². The lowest BCUT2D eigenvalue weighted by Gasteiger charge is -2.17. The maximum Gasteiger partial charge on any atom is 0.184 e. The molecule has 0 atom stereocenters. The molecule has 0 spiro atoms. The third-order valence-electron chi connectivity index (χ3n) is 3.66. The molecule has 0 aliphatic heterocycles. The van der Waals surface area contributed by atoms with Crippen LogP contribution in [-0.4, -0.2) is 31.5 Å². The summed E-state index contributed by atoms with van der Waals surface area (Å²) in [5.74, 6) is 1.48. The van der Waals surface area contributed by atoms with Crippen LogP contribution in [0.2, 0.25) is 5.02 Å². The standard InChI is InChI=1S/C17H21ClN6/c1-5-19-14-13-15(21-16(20-14)17(2,3)4)24(23-22-13)10-11-8-6-7-9-12(11)18/h6-9H,5,10H2,1-4H3,(H,19,20,21). The summed E-state index contributed by atoms with van der Waals surface area (Å²) in [4.78, 5) is 9.35. The number of aromatic nitrogens is 5. The first kappa shape index (κ1) is 16.6. The highest BCUT2D eigenvalue weighted by Gasteiger charge is 2.22. The van der Waals surface area contributed by atoms with Crippen LogP contribution in [0.5, 0.6) is 0 Å². The summed E-state index contributed by atoms with van der Waals surface area (Å²) in [6.45, 7) is 9.57. The van der Waals surface area contributed by atoms with Crippen LogP contribution < -0.4 is 5.32 Å². The van der Waals surface area contributed by atoms with Gasteiger partial charge >= 0.3 is 0 Å². The van der Waals surface area contributed by atoms with E-state index in [0.717, 1.165) is 23.8 Å². The van der Waals surface area contributed by atoms with Crippen LogP contribution in [0.4, 0.5) is 5.82 Å². The zero-order chi connectivity index (χ0) is 17.3. The third-order valence-corrected chi connectivity index (χ3v) is 4.02. The van der Waals surface area contributed by atoms with Gasteiger partial charge in [0.25, 0.3) is 0 Å². The number of rotatable bonds is 4. The predicted octanol–water partition coefficient (Wildman–Crippen LogP) is 3.65. The van der Waals surface area contributed by atoms with Gasteiger partial charge in [0.1, 0.15) is 5.82 Å². The van der Waals surface area contributed by atoms with E-state index < -0.39 is 0 Å². The molecule has 0 saturated heterocycles. The van der Waals surface area contributed by atoms with Crippen LogP contribution in [0.1, 0.15) is 39.1 Å². The minimum Gasteiger partial charge on any atom is -0.368 e. The lowest BCUT2D eigenvalue weighted by molar-refractivity contribution is 0.546. The second-order valence-corrected chi connectivity index (χ2v) is 7.09. The summed E-state index contributed by atoms with van der Waals surface area (Å²) in [7, 11) is 0. The molecule has 126 valence electrons. The Hall–Kier alpha value is -2.21. The average Bonchev–Trinajstić information content (AvgIpc) is 2.92. The highest BCUT2D eigenvalue weighted by molar-refractivity contribution is 6.31. The fourth-order valence-corrected chi connectivity index (χ4v) is 2.57. The van der Waals surface area contributed by atoms with E-state index in [1.807, 2.05) is 31.2 Å². The quantitative estimate of drug-likeness (QED) is 0.782. The van der Waals surface area contributed by atoms with E-state index in [2.05, 4.69) is 41.4 Å². The van der Waals surface area contributed by atoms with Crippen molar-refractivity contribution in [3.63, 3.8) is 0 Å². The summed E-state index contributed by atoms with van der Waals surface area (Å²) in [6.07, 6.45) is 0. The Morgan fingerprint density at radius 1 is 1.17 bits per heavy atom. The minimum absolute atomic E-state index is 0.169. The molecule has 3 rings (SSSR count). The number of anilines is 1. The molecule has 1 aromatic carbocycles. The maximum atomic E-state index is 6.27. The molecule has 0 unspecified atom stereocenters. The van der Waals surface area contributed by atoms with Gasteiger partial charge in [0.2, 0.25) is 0 Å². The van der Waals surface area contributed by atoms with Gasteiger partial charge in [0.15, 0.2) is 17.0 Å². The highest BCUT2D eigenvalue weighted by atomic mass is 35.5. The Bertz CT molecular complexity index is 865. The monoisotopic (exact) mass is 344 g/mol. The topological polar surface area (TPSA) is 68.5 Å². The molecule has 3 aromatic rings. The Morgan fingerprint density at radius 3 is 2.58 bits per heavy atom. The van der Waals surface area contributed by atoms with Crippen molar-refractivity contribution in [2.45, 2.75) is 39.7 Å². The number of nitrogens with zero attached hydrogens (tertiary/aromatic N) is 5. The molecule has 7 heteroatoms. The SMILES string of the molecule is CCNc1nc(C(C)(C)C)nc2c1nnn2Cc1ccccc1Cl. The molecule has 6 nitrogen and oxygen atoms in total. The van der Waals surface area contributed by atoms with Crippen molar-refractivity contribution < 1.29 is 0 Å². The zero-order valence-electron chi connectivity index (χ0n) is 14.3. The van der Waals surface area contributed by atoms with Crippen molar-refractivity contribution in [1.29, 1.82) is 0 Å². The van der Waals surface area contributed by atoms with Gasteiger partial charge in [0.05, 0.1) is 6.54 Å². The Labute approximate surface area is 146 Å². The Balaban J connectivity index is 2.13. The largest absolute Gasteiger partial charge is 0.368 e. The smallest absolute Gasteiger partial charge is 0.184 e. The van der Waals surface area contributed by atoms with Gasteiger partial charge < -0.3 is 5.32 Å². The molecule has 0 amide bonds. The van der Waals surface area contributed by atoms with Crippen molar-refractivity contribution in [2.24, 2.45) is 0 Å². The van der Waals surface area contributed by atoms with E-state index >= 15 is 0 Å². The van der Waals surface area contributed by atoms with Crippen molar-refractivity contribution in [3.05, 3.63) is 40.7 Å². The second-order valence-electron chi connectivity index (χ2n) is 6.69. The van der Waals surface area contributed by atoms with Crippen molar-refractivity contribution in [1.82, 2.24) is 25.0 Å². The van der Waals surface area contributed by atoms with E-state index in [9.17, 15) is 0 Å². The molecule has 2 heterocycles. The number of nitrogens with one attached hydrogen (secondary N) is 1. The van der Waals surface area contributed by atoms with Gasteiger partial charge in [-0.25, -0.2) is 14.6 Å². The molecule has 0 bridgehead atoms. The van der Waals surface area contributed by atoms with Gasteiger partial charge in [-0.2, -0.15) is 0 Å². The molecular formula is C17H21ClN6. The molecule has 1 N–H and O–H groups in total. The predicted molar refractivity (Wildman–Crippen MR) is 96.5 cm³/mol. The molecule has 0 aliphatic carbocycles. The first-order chi connectivity index (χ1) is 11.4.